The maximum atomic E-state index is 12.3. The van der Waals surface area contributed by atoms with Gasteiger partial charge in [0.1, 0.15) is 0 Å². The lowest BCUT2D eigenvalue weighted by atomic mass is 9.55. The molecule has 2 fully saturated rings. The van der Waals surface area contributed by atoms with Gasteiger partial charge in [-0.3, -0.25) is 4.79 Å². The first-order valence-corrected chi connectivity index (χ1v) is 11.7. The van der Waals surface area contributed by atoms with Crippen molar-refractivity contribution in [3.8, 4) is 0 Å². The molecule has 1 aromatic heterocycles. The van der Waals surface area contributed by atoms with Gasteiger partial charge in [0.2, 0.25) is 0 Å². The molecule has 3 nitrogen and oxygen atoms in total. The van der Waals surface area contributed by atoms with Crippen LogP contribution in [0, 0.1) is 11.3 Å². The van der Waals surface area contributed by atoms with Crippen LogP contribution in [0.1, 0.15) is 66.1 Å². The van der Waals surface area contributed by atoms with E-state index in [1.807, 2.05) is 6.07 Å². The predicted octanol–water partition coefficient (Wildman–Crippen LogP) is 6.07. The minimum Gasteiger partial charge on any atom is -0.385 e. The largest absolute Gasteiger partial charge is 0.385 e. The molecule has 1 unspecified atom stereocenters. The molecular formula is C23H27ClN2OS. The number of carbonyl (C=O) groups excluding carboxylic acids is 1. The number of amides is 1. The molecule has 2 heterocycles. The van der Waals surface area contributed by atoms with Crippen LogP contribution >= 0.6 is 22.9 Å². The van der Waals surface area contributed by atoms with Crippen LogP contribution in [-0.4, -0.2) is 18.5 Å². The molecule has 1 aromatic carbocycles. The van der Waals surface area contributed by atoms with Crippen molar-refractivity contribution in [2.45, 2.75) is 56.9 Å². The molecule has 1 aliphatic heterocycles. The number of rotatable bonds is 3. The number of halogens is 1. The third kappa shape index (κ3) is 3.46. The van der Waals surface area contributed by atoms with E-state index in [-0.39, 0.29) is 5.91 Å². The fourth-order valence-corrected chi connectivity index (χ4v) is 6.78. The lowest BCUT2D eigenvalue weighted by Crippen LogP contribution is -2.52. The summed E-state index contributed by atoms with van der Waals surface area (Å²) in [5, 5.41) is 6.77. The average molecular weight is 415 g/mol. The molecule has 5 rings (SSSR count). The number of hydrogen-bond donors (Lipinski definition) is 2. The molecule has 1 spiro atoms. The number of benzene rings is 1. The molecule has 0 bridgehead atoms. The van der Waals surface area contributed by atoms with E-state index in [9.17, 15) is 4.79 Å². The molecular weight excluding hydrogens is 388 g/mol. The highest BCUT2D eigenvalue weighted by Gasteiger charge is 2.47. The molecule has 148 valence electrons. The monoisotopic (exact) mass is 414 g/mol. The maximum Gasteiger partial charge on any atom is 0.261 e. The van der Waals surface area contributed by atoms with Gasteiger partial charge < -0.3 is 10.6 Å². The van der Waals surface area contributed by atoms with E-state index in [1.54, 1.807) is 6.07 Å². The Kier molecular flexibility index (Phi) is 4.88. The van der Waals surface area contributed by atoms with E-state index in [4.69, 9.17) is 11.6 Å². The predicted molar refractivity (Wildman–Crippen MR) is 116 cm³/mol. The van der Waals surface area contributed by atoms with E-state index >= 15 is 0 Å². The van der Waals surface area contributed by atoms with Crippen LogP contribution in [0.5, 0.6) is 0 Å². The van der Waals surface area contributed by atoms with Crippen LogP contribution in [0.3, 0.4) is 0 Å². The third-order valence-electron chi connectivity index (χ3n) is 7.28. The van der Waals surface area contributed by atoms with E-state index in [2.05, 4.69) is 34.9 Å². The summed E-state index contributed by atoms with van der Waals surface area (Å²) in [6.07, 6.45) is 8.86. The third-order valence-corrected chi connectivity index (χ3v) is 8.51. The van der Waals surface area contributed by atoms with Crippen molar-refractivity contribution in [3.05, 3.63) is 51.2 Å². The van der Waals surface area contributed by atoms with Gasteiger partial charge in [-0.2, -0.15) is 0 Å². The quantitative estimate of drug-likeness (QED) is 0.639. The Balaban J connectivity index is 1.15. The zero-order valence-electron chi connectivity index (χ0n) is 16.0. The summed E-state index contributed by atoms with van der Waals surface area (Å²) in [5.74, 6) is 1.57. The second kappa shape index (κ2) is 7.38. The molecule has 1 amide bonds. The molecule has 3 aliphatic rings. The Hall–Kier alpha value is -1.52. The summed E-state index contributed by atoms with van der Waals surface area (Å²) in [5.41, 5.74) is 3.36. The minimum absolute atomic E-state index is 0.0387. The highest BCUT2D eigenvalue weighted by molar-refractivity contribution is 7.18. The topological polar surface area (TPSA) is 41.1 Å². The number of anilines is 1. The first-order chi connectivity index (χ1) is 13.6. The van der Waals surface area contributed by atoms with Crippen LogP contribution in [0.2, 0.25) is 4.34 Å². The van der Waals surface area contributed by atoms with Gasteiger partial charge in [0.15, 0.2) is 0 Å². The van der Waals surface area contributed by atoms with E-state index < -0.39 is 0 Å². The van der Waals surface area contributed by atoms with Crippen molar-refractivity contribution < 1.29 is 4.79 Å². The Bertz CT molecular complexity index is 863. The average Bonchev–Trinajstić information content (AvgIpc) is 3.13. The van der Waals surface area contributed by atoms with Gasteiger partial charge in [0, 0.05) is 18.3 Å². The van der Waals surface area contributed by atoms with Crippen LogP contribution in [-0.2, 0) is 0 Å². The lowest BCUT2D eigenvalue weighted by molar-refractivity contribution is 0.0171. The highest BCUT2D eigenvalue weighted by atomic mass is 35.5. The molecule has 2 aromatic rings. The summed E-state index contributed by atoms with van der Waals surface area (Å²) in [6.45, 7) is 1.10. The number of hydrogen-bond acceptors (Lipinski definition) is 3. The molecule has 2 aliphatic carbocycles. The molecule has 28 heavy (non-hydrogen) atoms. The fourth-order valence-electron chi connectivity index (χ4n) is 5.83. The van der Waals surface area contributed by atoms with Gasteiger partial charge in [-0.05, 0) is 86.0 Å². The van der Waals surface area contributed by atoms with Crippen molar-refractivity contribution >= 4 is 34.5 Å². The number of thiophene rings is 1. The first-order valence-electron chi connectivity index (χ1n) is 10.5. The summed E-state index contributed by atoms with van der Waals surface area (Å²) in [6, 6.07) is 12.8. The maximum absolute atomic E-state index is 12.3. The molecule has 0 radical (unpaired) electrons. The molecule has 1 atom stereocenters. The Morgan fingerprint density at radius 3 is 2.64 bits per heavy atom. The van der Waals surface area contributed by atoms with E-state index in [0.29, 0.717) is 21.7 Å². The standard InChI is InChI=1S/C23H27ClN2OS/c24-21-6-5-20(28-21)22(27)26-16-13-23(14-16)10-7-15(8-11-23)17-9-12-25-19-4-2-1-3-18(17)19/h1-6,15-17,25H,7-14H2,(H,26,27). The van der Waals surface area contributed by atoms with Crippen molar-refractivity contribution in [1.82, 2.24) is 5.32 Å². The van der Waals surface area contributed by atoms with Gasteiger partial charge in [0.05, 0.1) is 9.21 Å². The summed E-state index contributed by atoms with van der Waals surface area (Å²) in [7, 11) is 0. The van der Waals surface area contributed by atoms with Crippen LogP contribution in [0.4, 0.5) is 5.69 Å². The number of carbonyl (C=O) groups is 1. The minimum atomic E-state index is 0.0387. The summed E-state index contributed by atoms with van der Waals surface area (Å²) >= 11 is 7.31. The van der Waals surface area contributed by atoms with Gasteiger partial charge in [0.25, 0.3) is 5.91 Å². The van der Waals surface area contributed by atoms with Crippen LogP contribution in [0.25, 0.3) is 0 Å². The van der Waals surface area contributed by atoms with E-state index in [1.165, 1.54) is 54.7 Å². The highest BCUT2D eigenvalue weighted by Crippen LogP contribution is 2.55. The molecule has 0 saturated heterocycles. The SMILES string of the molecule is O=C(NC1CC2(CCC(C3CCNc4ccccc43)CC2)C1)c1ccc(Cl)s1. The summed E-state index contributed by atoms with van der Waals surface area (Å²) in [4.78, 5) is 13.1. The van der Waals surface area contributed by atoms with Crippen molar-refractivity contribution in [3.63, 3.8) is 0 Å². The fraction of sp³-hybridized carbons (Fsp3) is 0.522. The zero-order valence-corrected chi connectivity index (χ0v) is 17.6. The van der Waals surface area contributed by atoms with E-state index in [0.717, 1.165) is 30.2 Å². The van der Waals surface area contributed by atoms with Crippen molar-refractivity contribution in [1.29, 1.82) is 0 Å². The Labute approximate surface area is 175 Å². The second-order valence-electron chi connectivity index (χ2n) is 8.93. The lowest BCUT2D eigenvalue weighted by Gasteiger charge is -2.52. The zero-order chi connectivity index (χ0) is 19.1. The van der Waals surface area contributed by atoms with Crippen LogP contribution in [0.15, 0.2) is 36.4 Å². The van der Waals surface area contributed by atoms with Gasteiger partial charge >= 0.3 is 0 Å². The Morgan fingerprint density at radius 2 is 1.89 bits per heavy atom. The normalized spacial score (nSPS) is 31.5. The molecule has 5 heteroatoms. The van der Waals surface area contributed by atoms with Crippen molar-refractivity contribution in [2.24, 2.45) is 11.3 Å². The van der Waals surface area contributed by atoms with Gasteiger partial charge in [-0.25, -0.2) is 0 Å². The summed E-state index contributed by atoms with van der Waals surface area (Å²) < 4.78 is 0.674. The first kappa shape index (κ1) is 18.5. The van der Waals surface area contributed by atoms with Crippen LogP contribution < -0.4 is 10.6 Å². The second-order valence-corrected chi connectivity index (χ2v) is 10.6. The number of nitrogens with one attached hydrogen (secondary N) is 2. The van der Waals surface area contributed by atoms with Gasteiger partial charge in [-0.1, -0.05) is 29.8 Å². The van der Waals surface area contributed by atoms with Gasteiger partial charge in [-0.15, -0.1) is 11.3 Å². The number of fused-ring (bicyclic) bond motifs is 1. The molecule has 2 saturated carbocycles. The molecule has 2 N–H and O–H groups in total. The Morgan fingerprint density at radius 1 is 1.11 bits per heavy atom. The smallest absolute Gasteiger partial charge is 0.261 e. The van der Waals surface area contributed by atoms with Crippen molar-refractivity contribution in [2.75, 3.05) is 11.9 Å². The number of para-hydroxylation sites is 1.